The number of amides is 1. The zero-order chi connectivity index (χ0) is 23.0. The molecule has 1 aromatic heterocycles. The Labute approximate surface area is 219 Å². The molecule has 2 N–H and O–H groups in total. The standard InChI is InChI=1S/C25H35N7O.HI/c1-3-26-25(29-21-16-24(33)32(19-21)22-8-6-5-7-9-22)28-18-20-10-11-23(27-17-20)31-14-12-30(4-2)13-15-31;/h5-11,17,21H,3-4,12-16,18-19H2,1-2H3,(H2,26,28,29);1H. The number of guanidine groups is 1. The number of hydrogen-bond acceptors (Lipinski definition) is 5. The Balaban J connectivity index is 0.00000324. The minimum Gasteiger partial charge on any atom is -0.357 e. The number of pyridine rings is 1. The largest absolute Gasteiger partial charge is 0.357 e. The van der Waals surface area contributed by atoms with E-state index in [2.05, 4.69) is 44.5 Å². The average Bonchev–Trinajstić information content (AvgIpc) is 3.23. The quantitative estimate of drug-likeness (QED) is 0.300. The number of aliphatic imine (C=N–C) groups is 1. The van der Waals surface area contributed by atoms with E-state index in [-0.39, 0.29) is 35.9 Å². The van der Waals surface area contributed by atoms with Gasteiger partial charge in [0.05, 0.1) is 12.6 Å². The monoisotopic (exact) mass is 577 g/mol. The van der Waals surface area contributed by atoms with Gasteiger partial charge in [0.2, 0.25) is 5.91 Å². The Hall–Kier alpha value is -2.40. The molecule has 0 aliphatic carbocycles. The molecule has 4 rings (SSSR count). The Bertz CT molecular complexity index is 930. The molecule has 1 amide bonds. The number of anilines is 2. The maximum absolute atomic E-state index is 12.5. The molecule has 2 fully saturated rings. The molecule has 0 spiro atoms. The van der Waals surface area contributed by atoms with E-state index in [9.17, 15) is 4.79 Å². The number of halogens is 1. The minimum atomic E-state index is 0. The van der Waals surface area contributed by atoms with Crippen molar-refractivity contribution < 1.29 is 4.79 Å². The van der Waals surface area contributed by atoms with Crippen molar-refractivity contribution in [3.8, 4) is 0 Å². The van der Waals surface area contributed by atoms with Gasteiger partial charge in [-0.2, -0.15) is 0 Å². The first-order valence-corrected chi connectivity index (χ1v) is 12.0. The molecule has 0 bridgehead atoms. The van der Waals surface area contributed by atoms with Gasteiger partial charge in [-0.1, -0.05) is 31.2 Å². The van der Waals surface area contributed by atoms with Crippen LogP contribution in [-0.4, -0.2) is 73.6 Å². The molecule has 34 heavy (non-hydrogen) atoms. The summed E-state index contributed by atoms with van der Waals surface area (Å²) in [5, 5.41) is 6.73. The van der Waals surface area contributed by atoms with E-state index in [1.807, 2.05) is 48.4 Å². The van der Waals surface area contributed by atoms with Crippen molar-refractivity contribution in [2.24, 2.45) is 4.99 Å². The van der Waals surface area contributed by atoms with Crippen LogP contribution in [-0.2, 0) is 11.3 Å². The van der Waals surface area contributed by atoms with E-state index < -0.39 is 0 Å². The van der Waals surface area contributed by atoms with Gasteiger partial charge in [-0.3, -0.25) is 4.79 Å². The van der Waals surface area contributed by atoms with Gasteiger partial charge in [0.1, 0.15) is 5.82 Å². The first-order chi connectivity index (χ1) is 16.2. The van der Waals surface area contributed by atoms with Crippen molar-refractivity contribution in [2.75, 3.05) is 55.6 Å². The van der Waals surface area contributed by atoms with Crippen molar-refractivity contribution >= 4 is 47.3 Å². The van der Waals surface area contributed by atoms with Crippen LogP contribution >= 0.6 is 24.0 Å². The van der Waals surface area contributed by atoms with Crippen LogP contribution in [0.3, 0.4) is 0 Å². The summed E-state index contributed by atoms with van der Waals surface area (Å²) < 4.78 is 0. The molecule has 8 nitrogen and oxygen atoms in total. The topological polar surface area (TPSA) is 76.1 Å². The number of benzene rings is 1. The summed E-state index contributed by atoms with van der Waals surface area (Å²) in [6.07, 6.45) is 2.38. The highest BCUT2D eigenvalue weighted by molar-refractivity contribution is 14.0. The second-order valence-corrected chi connectivity index (χ2v) is 8.53. The number of para-hydroxylation sites is 1. The average molecular weight is 578 g/mol. The molecule has 1 aromatic carbocycles. The third-order valence-electron chi connectivity index (χ3n) is 6.25. The van der Waals surface area contributed by atoms with Gasteiger partial charge in [0.15, 0.2) is 5.96 Å². The number of nitrogens with one attached hydrogen (secondary N) is 2. The molecule has 2 aliphatic heterocycles. The number of piperazine rings is 1. The fraction of sp³-hybridized carbons (Fsp3) is 0.480. The molecule has 184 valence electrons. The molecule has 0 radical (unpaired) electrons. The molecule has 0 saturated carbocycles. The van der Waals surface area contributed by atoms with Crippen LogP contribution in [0.25, 0.3) is 0 Å². The minimum absolute atomic E-state index is 0. The summed E-state index contributed by atoms with van der Waals surface area (Å²) in [4.78, 5) is 28.6. The van der Waals surface area contributed by atoms with Crippen molar-refractivity contribution in [3.05, 3.63) is 54.2 Å². The van der Waals surface area contributed by atoms with Gasteiger partial charge in [-0.15, -0.1) is 24.0 Å². The van der Waals surface area contributed by atoms with Crippen molar-refractivity contribution in [3.63, 3.8) is 0 Å². The van der Waals surface area contributed by atoms with Gasteiger partial charge in [-0.05, 0) is 37.2 Å². The maximum atomic E-state index is 12.5. The predicted octanol–water partition coefficient (Wildman–Crippen LogP) is 2.70. The number of likely N-dealkylation sites (N-methyl/N-ethyl adjacent to an activating group) is 1. The molecule has 2 aliphatic rings. The third-order valence-corrected chi connectivity index (χ3v) is 6.25. The number of rotatable bonds is 7. The third kappa shape index (κ3) is 6.82. The zero-order valence-electron chi connectivity index (χ0n) is 20.1. The van der Waals surface area contributed by atoms with Crippen molar-refractivity contribution in [2.45, 2.75) is 32.9 Å². The summed E-state index contributed by atoms with van der Waals surface area (Å²) in [6.45, 7) is 11.5. The van der Waals surface area contributed by atoms with Gasteiger partial charge in [0.25, 0.3) is 0 Å². The van der Waals surface area contributed by atoms with Crippen molar-refractivity contribution in [1.82, 2.24) is 20.5 Å². The Kier molecular flexibility index (Phi) is 9.94. The van der Waals surface area contributed by atoms with Gasteiger partial charge < -0.3 is 25.3 Å². The van der Waals surface area contributed by atoms with E-state index in [0.717, 1.165) is 62.3 Å². The molecule has 3 heterocycles. The highest BCUT2D eigenvalue weighted by Crippen LogP contribution is 2.21. The predicted molar refractivity (Wildman–Crippen MR) is 149 cm³/mol. The summed E-state index contributed by atoms with van der Waals surface area (Å²) in [6, 6.07) is 14.1. The summed E-state index contributed by atoms with van der Waals surface area (Å²) >= 11 is 0. The van der Waals surface area contributed by atoms with Gasteiger partial charge >= 0.3 is 0 Å². The fourth-order valence-corrected chi connectivity index (χ4v) is 4.34. The number of nitrogens with zero attached hydrogens (tertiary/aromatic N) is 5. The summed E-state index contributed by atoms with van der Waals surface area (Å²) in [7, 11) is 0. The number of carbonyl (C=O) groups is 1. The summed E-state index contributed by atoms with van der Waals surface area (Å²) in [5.41, 5.74) is 2.01. The smallest absolute Gasteiger partial charge is 0.229 e. The molecule has 9 heteroatoms. The SMILES string of the molecule is CCNC(=NCc1ccc(N2CCN(CC)CC2)nc1)NC1CC(=O)N(c2ccccc2)C1.I. The Morgan fingerprint density at radius 3 is 2.50 bits per heavy atom. The Morgan fingerprint density at radius 2 is 1.85 bits per heavy atom. The highest BCUT2D eigenvalue weighted by atomic mass is 127. The van der Waals surface area contributed by atoms with E-state index in [1.54, 1.807) is 0 Å². The van der Waals surface area contributed by atoms with Crippen LogP contribution in [0.4, 0.5) is 11.5 Å². The summed E-state index contributed by atoms with van der Waals surface area (Å²) in [5.74, 6) is 1.90. The first-order valence-electron chi connectivity index (χ1n) is 12.0. The van der Waals surface area contributed by atoms with Crippen LogP contribution < -0.4 is 20.4 Å². The van der Waals surface area contributed by atoms with E-state index >= 15 is 0 Å². The maximum Gasteiger partial charge on any atom is 0.229 e. The molecule has 1 unspecified atom stereocenters. The Morgan fingerprint density at radius 1 is 1.09 bits per heavy atom. The van der Waals surface area contributed by atoms with Crippen LogP contribution in [0.15, 0.2) is 53.7 Å². The fourth-order valence-electron chi connectivity index (χ4n) is 4.34. The van der Waals surface area contributed by atoms with Gasteiger partial charge in [0, 0.05) is 57.6 Å². The molecular formula is C25H36IN7O. The lowest BCUT2D eigenvalue weighted by molar-refractivity contribution is -0.117. The molecule has 2 saturated heterocycles. The number of carbonyl (C=O) groups excluding carboxylic acids is 1. The normalized spacial score (nSPS) is 19.2. The van der Waals surface area contributed by atoms with E-state index in [0.29, 0.717) is 19.5 Å². The van der Waals surface area contributed by atoms with Crippen LogP contribution in [0.2, 0.25) is 0 Å². The van der Waals surface area contributed by atoms with Crippen LogP contribution in [0.1, 0.15) is 25.8 Å². The number of aromatic nitrogens is 1. The van der Waals surface area contributed by atoms with E-state index in [4.69, 9.17) is 4.99 Å². The van der Waals surface area contributed by atoms with Crippen molar-refractivity contribution in [1.29, 1.82) is 0 Å². The zero-order valence-corrected chi connectivity index (χ0v) is 22.4. The lowest BCUT2D eigenvalue weighted by Gasteiger charge is -2.34. The highest BCUT2D eigenvalue weighted by Gasteiger charge is 2.31. The van der Waals surface area contributed by atoms with Gasteiger partial charge in [-0.25, -0.2) is 9.98 Å². The lowest BCUT2D eigenvalue weighted by atomic mass is 10.2. The van der Waals surface area contributed by atoms with E-state index in [1.165, 1.54) is 0 Å². The molecule has 1 atom stereocenters. The number of hydrogen-bond donors (Lipinski definition) is 2. The first kappa shape index (κ1) is 26.2. The second-order valence-electron chi connectivity index (χ2n) is 8.53. The van der Waals surface area contributed by atoms with Crippen LogP contribution in [0.5, 0.6) is 0 Å². The lowest BCUT2D eigenvalue weighted by Crippen LogP contribution is -2.46. The second kappa shape index (κ2) is 12.9. The van der Waals surface area contributed by atoms with Crippen LogP contribution in [0, 0.1) is 0 Å². The molecular weight excluding hydrogens is 541 g/mol. The molecule has 2 aromatic rings.